The molecule has 6 heteroatoms. The Morgan fingerprint density at radius 2 is 2.14 bits per heavy atom. The fourth-order valence-corrected chi connectivity index (χ4v) is 2.27. The normalized spacial score (nSPS) is 10.7. The van der Waals surface area contributed by atoms with Crippen molar-refractivity contribution < 1.29 is 19.1 Å². The maximum absolute atomic E-state index is 11.9. The van der Waals surface area contributed by atoms with Crippen LogP contribution in [0.3, 0.4) is 0 Å². The highest BCUT2D eigenvalue weighted by Gasteiger charge is 2.14. The van der Waals surface area contributed by atoms with Crippen LogP contribution in [0.1, 0.15) is 18.1 Å². The van der Waals surface area contributed by atoms with Crippen LogP contribution in [0.25, 0.3) is 11.0 Å². The Kier molecular flexibility index (Phi) is 4.56. The molecule has 0 amide bonds. The van der Waals surface area contributed by atoms with E-state index in [2.05, 4.69) is 6.58 Å². The predicted molar refractivity (Wildman–Crippen MR) is 81.3 cm³/mol. The third-order valence-corrected chi connectivity index (χ3v) is 3.43. The van der Waals surface area contributed by atoms with Crippen LogP contribution in [-0.4, -0.2) is 12.6 Å². The minimum Gasteiger partial charge on any atom is -0.550 e. The van der Waals surface area contributed by atoms with Gasteiger partial charge in [-0.2, -0.15) is 0 Å². The molecular weight excluding hydrogens is 308 g/mol. The van der Waals surface area contributed by atoms with Gasteiger partial charge in [0.1, 0.15) is 17.9 Å². The lowest BCUT2D eigenvalue weighted by atomic mass is 10.0. The van der Waals surface area contributed by atoms with E-state index in [0.717, 1.165) is 5.57 Å². The smallest absolute Gasteiger partial charge is 0.340 e. The van der Waals surface area contributed by atoms with Crippen LogP contribution < -0.4 is 15.5 Å². The molecule has 0 N–H and O–H groups in total. The number of rotatable bonds is 5. The van der Waals surface area contributed by atoms with Crippen LogP contribution in [0.5, 0.6) is 5.75 Å². The second kappa shape index (κ2) is 6.23. The Morgan fingerprint density at radius 1 is 1.45 bits per heavy atom. The van der Waals surface area contributed by atoms with E-state index in [9.17, 15) is 14.7 Å². The number of hydrogen-bond donors (Lipinski definition) is 0. The zero-order valence-electron chi connectivity index (χ0n) is 12.2. The van der Waals surface area contributed by atoms with Crippen molar-refractivity contribution in [3.8, 4) is 5.75 Å². The van der Waals surface area contributed by atoms with Gasteiger partial charge in [-0.3, -0.25) is 0 Å². The lowest BCUT2D eigenvalue weighted by molar-refractivity contribution is -0.304. The first kappa shape index (κ1) is 16.1. The summed E-state index contributed by atoms with van der Waals surface area (Å²) in [7, 11) is 0. The number of carbonyl (C=O) groups is 1. The average Bonchev–Trinajstić information content (AvgIpc) is 2.42. The van der Waals surface area contributed by atoms with Gasteiger partial charge >= 0.3 is 5.63 Å². The van der Waals surface area contributed by atoms with E-state index in [0.29, 0.717) is 21.7 Å². The summed E-state index contributed by atoms with van der Waals surface area (Å²) in [6, 6.07) is 3.10. The van der Waals surface area contributed by atoms with Crippen molar-refractivity contribution in [1.29, 1.82) is 0 Å². The number of carbonyl (C=O) groups excluding carboxylic acids is 1. The molecule has 0 saturated heterocycles. The Hall–Kier alpha value is -2.27. The van der Waals surface area contributed by atoms with E-state index >= 15 is 0 Å². The lowest BCUT2D eigenvalue weighted by Crippen LogP contribution is -2.27. The second-order valence-electron chi connectivity index (χ2n) is 5.07. The van der Waals surface area contributed by atoms with Crippen LogP contribution in [-0.2, 0) is 11.2 Å². The summed E-state index contributed by atoms with van der Waals surface area (Å²) >= 11 is 6.15. The molecule has 0 aliphatic carbocycles. The van der Waals surface area contributed by atoms with Crippen LogP contribution in [0.15, 0.2) is 33.5 Å². The lowest BCUT2D eigenvalue weighted by Gasteiger charge is -2.12. The summed E-state index contributed by atoms with van der Waals surface area (Å²) in [6.45, 7) is 7.47. The molecule has 0 bridgehead atoms. The minimum atomic E-state index is -1.35. The van der Waals surface area contributed by atoms with Gasteiger partial charge in [0, 0.05) is 29.4 Å². The van der Waals surface area contributed by atoms with Crippen molar-refractivity contribution in [2.45, 2.75) is 20.3 Å². The fraction of sp³-hybridized carbons (Fsp3) is 0.250. The number of carboxylic acids is 1. The van der Waals surface area contributed by atoms with Crippen molar-refractivity contribution in [3.05, 3.63) is 50.9 Å². The van der Waals surface area contributed by atoms with Crippen molar-refractivity contribution in [1.82, 2.24) is 0 Å². The average molecular weight is 322 g/mol. The number of ether oxygens (including phenoxy) is 1. The number of aliphatic carboxylic acids is 1. The molecule has 116 valence electrons. The summed E-state index contributed by atoms with van der Waals surface area (Å²) in [5.41, 5.74) is 0.953. The Bertz CT molecular complexity index is 819. The maximum Gasteiger partial charge on any atom is 0.340 e. The molecule has 0 unspecified atom stereocenters. The van der Waals surface area contributed by atoms with E-state index in [4.69, 9.17) is 20.8 Å². The molecule has 1 aromatic carbocycles. The van der Waals surface area contributed by atoms with E-state index in [1.807, 2.05) is 6.92 Å². The first-order chi connectivity index (χ1) is 10.3. The third kappa shape index (κ3) is 3.31. The minimum absolute atomic E-state index is 0.0548. The molecule has 0 atom stereocenters. The molecule has 0 fully saturated rings. The second-order valence-corrected chi connectivity index (χ2v) is 5.47. The van der Waals surface area contributed by atoms with Gasteiger partial charge in [0.05, 0.1) is 5.02 Å². The van der Waals surface area contributed by atoms with Crippen molar-refractivity contribution in [3.63, 3.8) is 0 Å². The molecule has 0 radical (unpaired) electrons. The van der Waals surface area contributed by atoms with E-state index < -0.39 is 18.0 Å². The van der Waals surface area contributed by atoms with E-state index in [1.54, 1.807) is 13.0 Å². The topological polar surface area (TPSA) is 79.6 Å². The first-order valence-corrected chi connectivity index (χ1v) is 6.90. The van der Waals surface area contributed by atoms with Gasteiger partial charge in [-0.05, 0) is 31.1 Å². The molecule has 0 aliphatic heterocycles. The van der Waals surface area contributed by atoms with Gasteiger partial charge in [0.15, 0.2) is 0 Å². The Morgan fingerprint density at radius 3 is 2.73 bits per heavy atom. The monoisotopic (exact) mass is 321 g/mol. The molecule has 0 spiro atoms. The van der Waals surface area contributed by atoms with Crippen LogP contribution in [0.4, 0.5) is 0 Å². The van der Waals surface area contributed by atoms with Gasteiger partial charge in [-0.1, -0.05) is 18.2 Å². The fourth-order valence-electron chi connectivity index (χ4n) is 2.05. The molecule has 2 rings (SSSR count). The molecular formula is C16H14ClO5-. The van der Waals surface area contributed by atoms with E-state index in [-0.39, 0.29) is 17.8 Å². The number of benzene rings is 1. The molecule has 5 nitrogen and oxygen atoms in total. The summed E-state index contributed by atoms with van der Waals surface area (Å²) in [4.78, 5) is 22.6. The maximum atomic E-state index is 11.9. The molecule has 1 aromatic heterocycles. The van der Waals surface area contributed by atoms with Gasteiger partial charge in [-0.15, -0.1) is 0 Å². The molecule has 1 heterocycles. The van der Waals surface area contributed by atoms with Crippen LogP contribution >= 0.6 is 11.6 Å². The summed E-state index contributed by atoms with van der Waals surface area (Å²) in [5.74, 6) is -0.977. The third-order valence-electron chi connectivity index (χ3n) is 3.14. The predicted octanol–water partition coefficient (Wildman–Crippen LogP) is 2.00. The highest BCUT2D eigenvalue weighted by molar-refractivity contribution is 6.32. The summed E-state index contributed by atoms with van der Waals surface area (Å²) in [6.07, 6.45) is -0.504. The Balaban J connectivity index is 2.58. The van der Waals surface area contributed by atoms with Crippen molar-refractivity contribution in [2.75, 3.05) is 6.61 Å². The Labute approximate surface area is 131 Å². The van der Waals surface area contributed by atoms with Gasteiger partial charge in [-0.25, -0.2) is 4.79 Å². The number of carboxylic acid groups (broad SMARTS) is 1. The first-order valence-electron chi connectivity index (χ1n) is 6.52. The number of halogens is 1. The standard InChI is InChI=1S/C16H15ClO5/c1-8(2)7-21-14-6-13-10(4-12(14)17)9(3)11(5-15(18)19)16(20)22-13/h4,6H,1,5,7H2,2-3H3,(H,18,19)/p-1. The largest absolute Gasteiger partial charge is 0.550 e. The zero-order valence-corrected chi connectivity index (χ0v) is 13.0. The number of hydrogen-bond acceptors (Lipinski definition) is 5. The van der Waals surface area contributed by atoms with Crippen molar-refractivity contribution >= 4 is 28.5 Å². The quantitative estimate of drug-likeness (QED) is 0.621. The summed E-state index contributed by atoms with van der Waals surface area (Å²) in [5, 5.41) is 11.6. The molecule has 2 aromatic rings. The highest BCUT2D eigenvalue weighted by Crippen LogP contribution is 2.32. The number of aryl methyl sites for hydroxylation is 1. The zero-order chi connectivity index (χ0) is 16.4. The summed E-state index contributed by atoms with van der Waals surface area (Å²) < 4.78 is 10.7. The van der Waals surface area contributed by atoms with Gasteiger partial charge in [0.2, 0.25) is 0 Å². The van der Waals surface area contributed by atoms with Crippen molar-refractivity contribution in [2.24, 2.45) is 0 Å². The SMILES string of the molecule is C=C(C)COc1cc2oc(=O)c(CC(=O)[O-])c(C)c2cc1Cl. The highest BCUT2D eigenvalue weighted by atomic mass is 35.5. The van der Waals surface area contributed by atoms with Gasteiger partial charge < -0.3 is 19.1 Å². The molecule has 0 saturated carbocycles. The number of fused-ring (bicyclic) bond motifs is 1. The van der Waals surface area contributed by atoms with Crippen LogP contribution in [0, 0.1) is 6.92 Å². The van der Waals surface area contributed by atoms with Gasteiger partial charge in [0.25, 0.3) is 0 Å². The molecule has 22 heavy (non-hydrogen) atoms. The van der Waals surface area contributed by atoms with Crippen LogP contribution in [0.2, 0.25) is 5.02 Å². The van der Waals surface area contributed by atoms with E-state index in [1.165, 1.54) is 6.07 Å². The molecule has 0 aliphatic rings.